The van der Waals surface area contributed by atoms with Crippen LogP contribution < -0.4 is 20.8 Å². The molecule has 0 aromatic carbocycles. The van der Waals surface area contributed by atoms with Crippen molar-refractivity contribution in [3.05, 3.63) is 12.1 Å². The molecular weight excluding hydrogens is 428 g/mol. The fraction of sp³-hybridized carbons (Fsp3) is 0.579. The van der Waals surface area contributed by atoms with Gasteiger partial charge in [0.15, 0.2) is 0 Å². The van der Waals surface area contributed by atoms with E-state index < -0.39 is 66.5 Å². The highest BCUT2D eigenvalue weighted by Crippen LogP contribution is 2.18. The number of hydrogen-bond donors (Lipinski definition) is 6. The van der Waals surface area contributed by atoms with Gasteiger partial charge in [-0.3, -0.25) is 9.59 Å². The smallest absolute Gasteiger partial charge is 0.408 e. The van der Waals surface area contributed by atoms with Crippen LogP contribution in [-0.2, 0) is 19.1 Å². The van der Waals surface area contributed by atoms with Crippen LogP contribution in [0, 0.1) is 5.92 Å². The molecule has 13 nitrogen and oxygen atoms in total. The van der Waals surface area contributed by atoms with Gasteiger partial charge in [-0.2, -0.15) is 0 Å². The van der Waals surface area contributed by atoms with Gasteiger partial charge in [-0.25, -0.2) is 9.59 Å². The van der Waals surface area contributed by atoms with Crippen LogP contribution in [0.5, 0.6) is 11.8 Å². The first kappa shape index (κ1) is 26.6. The van der Waals surface area contributed by atoms with Crippen molar-refractivity contribution in [1.82, 2.24) is 20.7 Å². The number of aliphatic hydroxyl groups is 1. The maximum absolute atomic E-state index is 12.6. The van der Waals surface area contributed by atoms with Gasteiger partial charge in [0, 0.05) is 12.1 Å². The van der Waals surface area contributed by atoms with Crippen molar-refractivity contribution in [3.8, 4) is 11.8 Å². The maximum atomic E-state index is 12.6. The number of aliphatic hydroxyl groups excluding tert-OH is 1. The van der Waals surface area contributed by atoms with Crippen molar-refractivity contribution < 1.29 is 44.1 Å². The molecule has 1 aromatic rings. The Labute approximate surface area is 184 Å². The summed E-state index contributed by atoms with van der Waals surface area (Å²) in [7, 11) is 0. The second-order valence-corrected chi connectivity index (χ2v) is 8.14. The number of amides is 3. The predicted octanol–water partition coefficient (Wildman–Crippen LogP) is -1.00. The summed E-state index contributed by atoms with van der Waals surface area (Å²) in [6.45, 7) is 6.83. The minimum atomic E-state index is -1.43. The van der Waals surface area contributed by atoms with Crippen LogP contribution in [0.15, 0.2) is 12.1 Å². The first-order valence-electron chi connectivity index (χ1n) is 9.74. The van der Waals surface area contributed by atoms with Crippen molar-refractivity contribution in [2.75, 3.05) is 13.2 Å². The Morgan fingerprint density at radius 2 is 1.59 bits per heavy atom. The normalized spacial score (nSPS) is 13.1. The molecule has 0 fully saturated rings. The minimum Gasteiger partial charge on any atom is -0.492 e. The van der Waals surface area contributed by atoms with Crippen LogP contribution in [0.25, 0.3) is 0 Å². The monoisotopic (exact) mass is 458 g/mol. The fourth-order valence-electron chi connectivity index (χ4n) is 2.34. The number of nitrogens with one attached hydrogen (secondary N) is 3. The summed E-state index contributed by atoms with van der Waals surface area (Å²) >= 11 is 0. The summed E-state index contributed by atoms with van der Waals surface area (Å²) < 4.78 is 5.56. The van der Waals surface area contributed by atoms with Gasteiger partial charge in [0.2, 0.25) is 23.6 Å². The molecule has 0 unspecified atom stereocenters. The second kappa shape index (κ2) is 11.2. The van der Waals surface area contributed by atoms with E-state index in [0.717, 1.165) is 12.1 Å². The van der Waals surface area contributed by atoms with E-state index >= 15 is 0 Å². The molecule has 1 rings (SSSR count). The number of carbonyl (C=O) groups excluding carboxylic acids is 4. The molecule has 0 aliphatic carbocycles. The van der Waals surface area contributed by atoms with Gasteiger partial charge in [0.25, 0.3) is 0 Å². The molecular formula is C19H30N4O9. The molecule has 0 radical (unpaired) electrons. The average molecular weight is 458 g/mol. The molecule has 0 saturated carbocycles. The van der Waals surface area contributed by atoms with Crippen molar-refractivity contribution >= 4 is 23.9 Å². The number of aromatic hydroxyl groups is 2. The summed E-state index contributed by atoms with van der Waals surface area (Å²) in [5.74, 6) is -4.15. The maximum Gasteiger partial charge on any atom is 0.408 e. The number of ether oxygens (including phenoxy) is 1. The summed E-state index contributed by atoms with van der Waals surface area (Å²) in [6.07, 6.45) is -0.824. The third-order valence-electron chi connectivity index (χ3n) is 3.83. The molecule has 3 amide bonds. The number of hydrogen-bond acceptors (Lipinski definition) is 9. The molecule has 0 saturated heterocycles. The zero-order valence-corrected chi connectivity index (χ0v) is 18.5. The lowest BCUT2D eigenvalue weighted by molar-refractivity contribution is -0.145. The zero-order valence-electron chi connectivity index (χ0n) is 18.5. The van der Waals surface area contributed by atoms with Crippen LogP contribution in [0.2, 0.25) is 0 Å². The van der Waals surface area contributed by atoms with Crippen LogP contribution >= 0.6 is 0 Å². The van der Waals surface area contributed by atoms with Gasteiger partial charge in [-0.1, -0.05) is 13.8 Å². The number of nitrogens with zero attached hydrogens (tertiary/aromatic N) is 1. The van der Waals surface area contributed by atoms with Crippen LogP contribution in [0.3, 0.4) is 0 Å². The van der Waals surface area contributed by atoms with Gasteiger partial charge in [0.1, 0.15) is 24.2 Å². The number of rotatable bonds is 9. The summed E-state index contributed by atoms with van der Waals surface area (Å²) in [5, 5.41) is 35.2. The van der Waals surface area contributed by atoms with E-state index in [9.17, 15) is 34.5 Å². The first-order valence-corrected chi connectivity index (χ1v) is 9.74. The molecule has 32 heavy (non-hydrogen) atoms. The highest BCUT2D eigenvalue weighted by Gasteiger charge is 2.30. The molecule has 0 aliphatic heterocycles. The molecule has 0 aliphatic rings. The lowest BCUT2D eigenvalue weighted by Gasteiger charge is -2.26. The molecule has 0 bridgehead atoms. The van der Waals surface area contributed by atoms with Crippen molar-refractivity contribution in [1.29, 1.82) is 0 Å². The lowest BCUT2D eigenvalue weighted by Crippen LogP contribution is -2.57. The number of carbonyl (C=O) groups is 4. The van der Waals surface area contributed by atoms with Gasteiger partial charge in [0.05, 0.1) is 6.61 Å². The van der Waals surface area contributed by atoms with Crippen LogP contribution in [0.1, 0.15) is 34.6 Å². The van der Waals surface area contributed by atoms with E-state index in [-0.39, 0.29) is 5.92 Å². The minimum absolute atomic E-state index is 0.373. The summed E-state index contributed by atoms with van der Waals surface area (Å²) in [5.41, 5.74) is -0.779. The predicted molar refractivity (Wildman–Crippen MR) is 109 cm³/mol. The Balaban J connectivity index is 2.66. The SMILES string of the molecule is CC(C)[C@H](NC(=O)OC(C)(C)C)C(=O)N[C@@H](CO)C(=O)NCC(=O)On1c(O)ccc1O. The third kappa shape index (κ3) is 8.34. The van der Waals surface area contributed by atoms with E-state index in [1.54, 1.807) is 34.6 Å². The van der Waals surface area contributed by atoms with Crippen molar-refractivity contribution in [3.63, 3.8) is 0 Å². The Morgan fingerprint density at radius 3 is 2.06 bits per heavy atom. The highest BCUT2D eigenvalue weighted by atomic mass is 16.7. The molecule has 180 valence electrons. The van der Waals surface area contributed by atoms with Crippen LogP contribution in [0.4, 0.5) is 4.79 Å². The third-order valence-corrected chi connectivity index (χ3v) is 3.83. The quantitative estimate of drug-likeness (QED) is 0.269. The number of alkyl carbamates (subject to hydrolysis) is 1. The first-order chi connectivity index (χ1) is 14.7. The Kier molecular flexibility index (Phi) is 9.32. The molecule has 2 atom stereocenters. The van der Waals surface area contributed by atoms with E-state index in [4.69, 9.17) is 4.74 Å². The average Bonchev–Trinajstić information content (AvgIpc) is 2.98. The molecule has 0 spiro atoms. The van der Waals surface area contributed by atoms with E-state index in [0.29, 0.717) is 4.73 Å². The molecule has 6 N–H and O–H groups in total. The zero-order chi connectivity index (χ0) is 24.6. The van der Waals surface area contributed by atoms with Crippen molar-refractivity contribution in [2.24, 2.45) is 5.92 Å². The molecule has 1 heterocycles. The van der Waals surface area contributed by atoms with E-state index in [1.807, 2.05) is 0 Å². The van der Waals surface area contributed by atoms with Crippen LogP contribution in [-0.4, -0.2) is 74.8 Å². The summed E-state index contributed by atoms with van der Waals surface area (Å²) in [6, 6.07) is -0.328. The van der Waals surface area contributed by atoms with Crippen molar-refractivity contribution in [2.45, 2.75) is 52.3 Å². The Hall–Kier alpha value is -3.48. The standard InChI is InChI=1S/C19H30N4O9/c1-10(2)15(22-18(30)31-19(3,4)5)17(29)21-11(9-24)16(28)20-8-14(27)32-23-12(25)6-7-13(23)26/h6-7,10-11,15,24-26H,8-9H2,1-5H3,(H,20,28)(H,21,29)(H,22,30)/t11-,15-/m0/s1. The Bertz CT molecular complexity index is 810. The topological polar surface area (TPSA) is 188 Å². The van der Waals surface area contributed by atoms with Gasteiger partial charge in [-0.05, 0) is 26.7 Å². The Morgan fingerprint density at radius 1 is 1.03 bits per heavy atom. The van der Waals surface area contributed by atoms with E-state index in [2.05, 4.69) is 20.8 Å². The largest absolute Gasteiger partial charge is 0.492 e. The molecule has 13 heteroatoms. The summed E-state index contributed by atoms with van der Waals surface area (Å²) in [4.78, 5) is 53.3. The fourth-order valence-corrected chi connectivity index (χ4v) is 2.34. The van der Waals surface area contributed by atoms with E-state index in [1.165, 1.54) is 0 Å². The number of aromatic nitrogens is 1. The second-order valence-electron chi connectivity index (χ2n) is 8.14. The highest BCUT2D eigenvalue weighted by molar-refractivity contribution is 5.92. The lowest BCUT2D eigenvalue weighted by atomic mass is 10.0. The van der Waals surface area contributed by atoms with Gasteiger partial charge < -0.3 is 40.8 Å². The van der Waals surface area contributed by atoms with Gasteiger partial charge >= 0.3 is 12.1 Å². The molecule has 1 aromatic heterocycles. The van der Waals surface area contributed by atoms with Gasteiger partial charge in [-0.15, -0.1) is 4.73 Å².